The summed E-state index contributed by atoms with van der Waals surface area (Å²) in [6.07, 6.45) is 1.57. The van der Waals surface area contributed by atoms with Gasteiger partial charge in [-0.25, -0.2) is 0 Å². The van der Waals surface area contributed by atoms with Gasteiger partial charge in [0.25, 0.3) is 0 Å². The van der Waals surface area contributed by atoms with Crippen molar-refractivity contribution in [3.8, 4) is 0 Å². The highest BCUT2D eigenvalue weighted by atomic mass is 35.5. The van der Waals surface area contributed by atoms with Crippen LogP contribution in [0.3, 0.4) is 0 Å². The number of nitrogens with one attached hydrogen (secondary N) is 4. The van der Waals surface area contributed by atoms with Crippen LogP contribution in [0.15, 0.2) is 46.1 Å². The lowest BCUT2D eigenvalue weighted by atomic mass is 10.3. The molecule has 2 rings (SSSR count). The number of hydrogen-bond acceptors (Lipinski definition) is 4. The Morgan fingerprint density at radius 1 is 1.08 bits per heavy atom. The summed E-state index contributed by atoms with van der Waals surface area (Å²) in [5.41, 5.74) is 9.43. The minimum Gasteiger partial charge on any atom is -0.463 e. The molecular formula is C14H13Cl2N5OS2. The Labute approximate surface area is 159 Å². The molecule has 4 N–H and O–H groups in total. The molecule has 0 amide bonds. The van der Waals surface area contributed by atoms with Gasteiger partial charge in [0.2, 0.25) is 5.11 Å². The van der Waals surface area contributed by atoms with Gasteiger partial charge in [-0.2, -0.15) is 5.10 Å². The number of halogens is 2. The maximum atomic E-state index is 5.93. The van der Waals surface area contributed by atoms with E-state index < -0.39 is 0 Å². The van der Waals surface area contributed by atoms with Crippen LogP contribution in [0.1, 0.15) is 12.7 Å². The molecule has 24 heavy (non-hydrogen) atoms. The predicted molar refractivity (Wildman–Crippen MR) is 106 cm³/mol. The summed E-state index contributed by atoms with van der Waals surface area (Å²) in [5.74, 6) is 0.648. The van der Waals surface area contributed by atoms with Crippen LogP contribution in [0.25, 0.3) is 0 Å². The van der Waals surface area contributed by atoms with Crippen molar-refractivity contribution in [2.45, 2.75) is 6.92 Å². The van der Waals surface area contributed by atoms with Crippen molar-refractivity contribution >= 4 is 69.3 Å². The van der Waals surface area contributed by atoms with Crippen LogP contribution >= 0.6 is 47.6 Å². The SMILES string of the molecule is C/C(=N\NC(=S)NNC(=S)Nc1ccc(Cl)c(Cl)c1)c1ccco1. The summed E-state index contributed by atoms with van der Waals surface area (Å²) in [6, 6.07) is 8.65. The van der Waals surface area contributed by atoms with E-state index in [1.54, 1.807) is 43.5 Å². The number of hydrogen-bond donors (Lipinski definition) is 4. The van der Waals surface area contributed by atoms with E-state index >= 15 is 0 Å². The van der Waals surface area contributed by atoms with Gasteiger partial charge in [0, 0.05) is 5.69 Å². The van der Waals surface area contributed by atoms with Gasteiger partial charge in [-0.15, -0.1) is 0 Å². The molecule has 0 fully saturated rings. The highest BCUT2D eigenvalue weighted by Crippen LogP contribution is 2.24. The second kappa shape index (κ2) is 8.84. The first-order chi connectivity index (χ1) is 11.5. The largest absolute Gasteiger partial charge is 0.463 e. The standard InChI is InChI=1S/C14H13Cl2N5OS2/c1-8(12-3-2-6-22-12)18-20-14(24)21-19-13(23)17-9-4-5-10(15)11(16)7-9/h2-7H,1H3,(H2,17,19,23)(H2,20,21,24)/b18-8+. The molecule has 2 aromatic rings. The average molecular weight is 402 g/mol. The molecule has 0 aliphatic heterocycles. The third-order valence-electron chi connectivity index (χ3n) is 2.67. The summed E-state index contributed by atoms with van der Waals surface area (Å²) < 4.78 is 5.21. The van der Waals surface area contributed by atoms with Crippen molar-refractivity contribution in [2.75, 3.05) is 5.32 Å². The molecule has 10 heteroatoms. The Balaban J connectivity index is 1.77. The number of nitrogens with zero attached hydrogens (tertiary/aromatic N) is 1. The van der Waals surface area contributed by atoms with E-state index in [0.717, 1.165) is 0 Å². The molecular weight excluding hydrogens is 389 g/mol. The molecule has 1 aromatic carbocycles. The van der Waals surface area contributed by atoms with Crippen LogP contribution in [0.4, 0.5) is 5.69 Å². The van der Waals surface area contributed by atoms with Crippen LogP contribution in [-0.4, -0.2) is 15.9 Å². The minimum atomic E-state index is 0.235. The molecule has 0 unspecified atom stereocenters. The number of rotatable bonds is 3. The first-order valence-corrected chi connectivity index (χ1v) is 8.19. The van der Waals surface area contributed by atoms with Crippen molar-refractivity contribution in [3.63, 3.8) is 0 Å². The van der Waals surface area contributed by atoms with Crippen molar-refractivity contribution < 1.29 is 4.42 Å². The van der Waals surface area contributed by atoms with E-state index in [0.29, 0.717) is 32.3 Å². The Bertz CT molecular complexity index is 765. The summed E-state index contributed by atoms with van der Waals surface area (Å²) in [7, 11) is 0. The third-order valence-corrected chi connectivity index (χ3v) is 3.81. The van der Waals surface area contributed by atoms with Crippen LogP contribution in [0.5, 0.6) is 0 Å². The molecule has 0 radical (unpaired) electrons. The molecule has 0 atom stereocenters. The monoisotopic (exact) mass is 401 g/mol. The Morgan fingerprint density at radius 3 is 2.50 bits per heavy atom. The minimum absolute atomic E-state index is 0.235. The van der Waals surface area contributed by atoms with Gasteiger partial charge in [0.05, 0.1) is 16.3 Å². The highest BCUT2D eigenvalue weighted by Gasteiger charge is 2.03. The normalized spacial score (nSPS) is 10.9. The molecule has 0 saturated heterocycles. The average Bonchev–Trinajstić information content (AvgIpc) is 3.08. The van der Waals surface area contributed by atoms with Crippen LogP contribution in [-0.2, 0) is 0 Å². The van der Waals surface area contributed by atoms with Crippen molar-refractivity contribution in [2.24, 2.45) is 5.10 Å². The number of thiocarbonyl (C=S) groups is 2. The lowest BCUT2D eigenvalue weighted by Gasteiger charge is -2.13. The summed E-state index contributed by atoms with van der Waals surface area (Å²) in [5, 5.41) is 8.44. The second-order valence-corrected chi connectivity index (χ2v) is 6.08. The zero-order valence-electron chi connectivity index (χ0n) is 12.4. The van der Waals surface area contributed by atoms with Gasteiger partial charge >= 0.3 is 0 Å². The molecule has 0 spiro atoms. The smallest absolute Gasteiger partial charge is 0.205 e. The van der Waals surface area contributed by atoms with E-state index in [9.17, 15) is 0 Å². The van der Waals surface area contributed by atoms with Crippen LogP contribution in [0.2, 0.25) is 10.0 Å². The molecule has 0 bridgehead atoms. The second-order valence-electron chi connectivity index (χ2n) is 4.45. The predicted octanol–water partition coefficient (Wildman–Crippen LogP) is 3.68. The van der Waals surface area contributed by atoms with E-state index in [1.165, 1.54) is 0 Å². The highest BCUT2D eigenvalue weighted by molar-refractivity contribution is 7.80. The molecule has 0 saturated carbocycles. The van der Waals surface area contributed by atoms with Gasteiger partial charge in [-0.05, 0) is 61.7 Å². The van der Waals surface area contributed by atoms with E-state index in [4.69, 9.17) is 52.1 Å². The van der Waals surface area contributed by atoms with E-state index in [1.807, 2.05) is 0 Å². The van der Waals surface area contributed by atoms with Gasteiger partial charge in [-0.3, -0.25) is 16.3 Å². The fourth-order valence-electron chi connectivity index (χ4n) is 1.55. The van der Waals surface area contributed by atoms with Gasteiger partial charge < -0.3 is 9.73 Å². The number of hydrazine groups is 1. The van der Waals surface area contributed by atoms with Crippen LogP contribution < -0.4 is 21.6 Å². The zero-order chi connectivity index (χ0) is 17.5. The summed E-state index contributed by atoms with van der Waals surface area (Å²) in [6.45, 7) is 1.79. The first kappa shape index (κ1) is 18.5. The van der Waals surface area contributed by atoms with Gasteiger partial charge in [-0.1, -0.05) is 23.2 Å². The third kappa shape index (κ3) is 5.64. The summed E-state index contributed by atoms with van der Waals surface area (Å²) in [4.78, 5) is 0. The maximum absolute atomic E-state index is 5.93. The van der Waals surface area contributed by atoms with E-state index in [2.05, 4.69) is 26.7 Å². The van der Waals surface area contributed by atoms with Gasteiger partial charge in [0.1, 0.15) is 11.5 Å². The quantitative estimate of drug-likeness (QED) is 0.355. The van der Waals surface area contributed by atoms with Crippen LogP contribution in [0, 0.1) is 0 Å². The lowest BCUT2D eigenvalue weighted by molar-refractivity contribution is 0.556. The number of hydrazone groups is 1. The fourth-order valence-corrected chi connectivity index (χ4v) is 2.12. The fraction of sp³-hybridized carbons (Fsp3) is 0.0714. The maximum Gasteiger partial charge on any atom is 0.205 e. The first-order valence-electron chi connectivity index (χ1n) is 6.62. The lowest BCUT2D eigenvalue weighted by Crippen LogP contribution is -2.47. The zero-order valence-corrected chi connectivity index (χ0v) is 15.5. The summed E-state index contributed by atoms with van der Waals surface area (Å²) >= 11 is 22.0. The Morgan fingerprint density at radius 2 is 1.83 bits per heavy atom. The molecule has 6 nitrogen and oxygen atoms in total. The molecule has 1 aromatic heterocycles. The molecule has 126 valence electrons. The number of anilines is 1. The topological polar surface area (TPSA) is 73.6 Å². The van der Waals surface area contributed by atoms with Crippen molar-refractivity contribution in [1.29, 1.82) is 0 Å². The van der Waals surface area contributed by atoms with Gasteiger partial charge in [0.15, 0.2) is 5.11 Å². The molecule has 0 aliphatic rings. The number of benzene rings is 1. The Kier molecular flexibility index (Phi) is 6.80. The van der Waals surface area contributed by atoms with E-state index in [-0.39, 0.29) is 5.11 Å². The Hall–Kier alpha value is -1.87. The van der Waals surface area contributed by atoms with Crippen molar-refractivity contribution in [1.82, 2.24) is 16.3 Å². The van der Waals surface area contributed by atoms with Crippen molar-refractivity contribution in [3.05, 3.63) is 52.4 Å². The number of furan rings is 1. The molecule has 0 aliphatic carbocycles. The molecule has 1 heterocycles.